The van der Waals surface area contributed by atoms with Gasteiger partial charge in [0, 0.05) is 5.75 Å². The number of ether oxygens (including phenoxy) is 1. The topological polar surface area (TPSA) is 152 Å². The Labute approximate surface area is 158 Å². The molecule has 2 aromatic heterocycles. The average Bonchev–Trinajstić information content (AvgIpc) is 3.22. The molecule has 3 aromatic rings. The van der Waals surface area contributed by atoms with E-state index in [9.17, 15) is 15.3 Å². The molecule has 1 fully saturated rings. The highest BCUT2D eigenvalue weighted by Gasteiger charge is 2.44. The van der Waals surface area contributed by atoms with Crippen molar-refractivity contribution in [1.82, 2.24) is 25.0 Å². The summed E-state index contributed by atoms with van der Waals surface area (Å²) in [4.78, 5) is 8.40. The molecule has 4 atom stereocenters. The van der Waals surface area contributed by atoms with Crippen molar-refractivity contribution in [3.8, 4) is 0 Å². The third-order valence-electron chi connectivity index (χ3n) is 4.29. The van der Waals surface area contributed by atoms with E-state index in [1.807, 2.05) is 30.3 Å². The second-order valence-electron chi connectivity index (χ2n) is 6.10. The molecule has 11 heteroatoms. The van der Waals surface area contributed by atoms with Gasteiger partial charge in [0.2, 0.25) is 5.95 Å². The number of nitrogens with zero attached hydrogens (tertiary/aromatic N) is 5. The minimum atomic E-state index is -1.29. The van der Waals surface area contributed by atoms with Crippen LogP contribution in [-0.4, -0.2) is 65.2 Å². The molecule has 0 unspecified atom stereocenters. The van der Waals surface area contributed by atoms with E-state index in [0.717, 1.165) is 5.56 Å². The fraction of sp³-hybridized carbons (Fsp3) is 0.375. The highest BCUT2D eigenvalue weighted by atomic mass is 32.2. The summed E-state index contributed by atoms with van der Waals surface area (Å²) in [5, 5.41) is 38.1. The first-order chi connectivity index (χ1) is 13.1. The molecule has 0 saturated carbocycles. The van der Waals surface area contributed by atoms with E-state index in [0.29, 0.717) is 16.3 Å². The Morgan fingerprint density at radius 2 is 1.93 bits per heavy atom. The van der Waals surface area contributed by atoms with Crippen molar-refractivity contribution >= 4 is 28.9 Å². The molecule has 5 N–H and O–H groups in total. The highest BCUT2D eigenvalue weighted by molar-refractivity contribution is 7.98. The van der Waals surface area contributed by atoms with Gasteiger partial charge in [0.25, 0.3) is 0 Å². The summed E-state index contributed by atoms with van der Waals surface area (Å²) in [6.45, 7) is -0.434. The van der Waals surface area contributed by atoms with Crippen LogP contribution in [0, 0.1) is 0 Å². The molecule has 4 rings (SSSR count). The lowest BCUT2D eigenvalue weighted by Gasteiger charge is -2.14. The summed E-state index contributed by atoms with van der Waals surface area (Å²) in [5.74, 6) is 0.695. The van der Waals surface area contributed by atoms with Crippen molar-refractivity contribution in [2.45, 2.75) is 35.3 Å². The van der Waals surface area contributed by atoms with Gasteiger partial charge in [-0.1, -0.05) is 47.3 Å². The van der Waals surface area contributed by atoms with Crippen LogP contribution in [0.2, 0.25) is 0 Å². The maximum Gasteiger partial charge on any atom is 0.223 e. The van der Waals surface area contributed by atoms with Gasteiger partial charge in [0.05, 0.1) is 6.61 Å². The van der Waals surface area contributed by atoms with Crippen LogP contribution in [0.3, 0.4) is 0 Å². The van der Waals surface area contributed by atoms with E-state index in [2.05, 4.69) is 20.3 Å². The molecule has 1 aliphatic heterocycles. The molecule has 0 amide bonds. The second-order valence-corrected chi connectivity index (χ2v) is 7.06. The number of nitrogens with two attached hydrogens (primary N) is 1. The summed E-state index contributed by atoms with van der Waals surface area (Å²) in [6, 6.07) is 9.87. The van der Waals surface area contributed by atoms with Gasteiger partial charge in [0.1, 0.15) is 23.3 Å². The zero-order valence-electron chi connectivity index (χ0n) is 14.1. The average molecular weight is 390 g/mol. The molecule has 1 saturated heterocycles. The van der Waals surface area contributed by atoms with Gasteiger partial charge in [-0.05, 0) is 5.56 Å². The normalized spacial score (nSPS) is 25.3. The predicted molar refractivity (Wildman–Crippen MR) is 96.5 cm³/mol. The Morgan fingerprint density at radius 3 is 2.63 bits per heavy atom. The number of hydrogen-bond donors (Lipinski definition) is 4. The summed E-state index contributed by atoms with van der Waals surface area (Å²) in [7, 11) is 0. The van der Waals surface area contributed by atoms with Crippen LogP contribution in [0.25, 0.3) is 11.2 Å². The van der Waals surface area contributed by atoms with Crippen LogP contribution in [0.4, 0.5) is 5.95 Å². The molecular weight excluding hydrogens is 372 g/mol. The molecule has 1 aliphatic rings. The number of thioether (sulfide) groups is 1. The highest BCUT2D eigenvalue weighted by Crippen LogP contribution is 2.33. The zero-order valence-corrected chi connectivity index (χ0v) is 14.9. The van der Waals surface area contributed by atoms with Crippen molar-refractivity contribution in [2.24, 2.45) is 0 Å². The van der Waals surface area contributed by atoms with Gasteiger partial charge in [-0.2, -0.15) is 9.67 Å². The summed E-state index contributed by atoms with van der Waals surface area (Å²) < 4.78 is 6.75. The second kappa shape index (κ2) is 7.37. The Hall–Kier alpha value is -2.31. The van der Waals surface area contributed by atoms with Gasteiger partial charge in [-0.25, -0.2) is 4.98 Å². The summed E-state index contributed by atoms with van der Waals surface area (Å²) >= 11 is 1.44. The van der Waals surface area contributed by atoms with Crippen LogP contribution in [0.1, 0.15) is 11.8 Å². The van der Waals surface area contributed by atoms with Gasteiger partial charge >= 0.3 is 0 Å². The number of aromatic nitrogens is 5. The molecular formula is C16H18N6O4S. The van der Waals surface area contributed by atoms with E-state index in [1.165, 1.54) is 16.4 Å². The largest absolute Gasteiger partial charge is 0.394 e. The lowest BCUT2D eigenvalue weighted by molar-refractivity contribution is -0.0574. The number of hydrogen-bond acceptors (Lipinski definition) is 10. The van der Waals surface area contributed by atoms with E-state index in [-0.39, 0.29) is 11.6 Å². The van der Waals surface area contributed by atoms with Gasteiger partial charge in [-0.3, -0.25) is 0 Å². The fourth-order valence-corrected chi connectivity index (χ4v) is 3.82. The van der Waals surface area contributed by atoms with Crippen molar-refractivity contribution < 1.29 is 20.1 Å². The van der Waals surface area contributed by atoms with E-state index in [1.54, 1.807) is 0 Å². The third-order valence-corrected chi connectivity index (χ3v) is 5.32. The SMILES string of the molecule is Nc1nc(SCc2ccccc2)c2nnn([C@@H]3O[C@H](CO)[C@@H](O)[C@H]3O)c2n1. The molecule has 27 heavy (non-hydrogen) atoms. The standard InChI is InChI=1S/C16H18N6O4S/c17-16-18-13-10(14(19-16)27-7-8-4-2-1-3-5-8)20-21-22(13)15-12(25)11(24)9(6-23)26-15/h1-5,9,11-12,15,23-25H,6-7H2,(H2,17,18,19)/t9-,11-,12-,15-/m1/s1. The first-order valence-corrected chi connectivity index (χ1v) is 9.24. The Bertz CT molecular complexity index is 939. The Morgan fingerprint density at radius 1 is 1.15 bits per heavy atom. The molecule has 0 aliphatic carbocycles. The zero-order chi connectivity index (χ0) is 19.0. The molecule has 1 aromatic carbocycles. The quantitative estimate of drug-likeness (QED) is 0.337. The van der Waals surface area contributed by atoms with Crippen molar-refractivity contribution in [1.29, 1.82) is 0 Å². The van der Waals surface area contributed by atoms with Crippen LogP contribution < -0.4 is 5.73 Å². The number of aliphatic hydroxyl groups is 3. The molecule has 0 spiro atoms. The summed E-state index contributed by atoms with van der Waals surface area (Å²) in [5.41, 5.74) is 7.66. The van der Waals surface area contributed by atoms with Crippen LogP contribution in [-0.2, 0) is 10.5 Å². The Balaban J connectivity index is 1.66. The van der Waals surface area contributed by atoms with Gasteiger partial charge in [-0.15, -0.1) is 5.10 Å². The van der Waals surface area contributed by atoms with Gasteiger partial charge in [0.15, 0.2) is 17.4 Å². The van der Waals surface area contributed by atoms with E-state index >= 15 is 0 Å². The molecule has 142 valence electrons. The maximum atomic E-state index is 10.2. The van der Waals surface area contributed by atoms with Crippen LogP contribution in [0.15, 0.2) is 35.4 Å². The van der Waals surface area contributed by atoms with Crippen molar-refractivity contribution in [3.05, 3.63) is 35.9 Å². The molecule has 0 bridgehead atoms. The van der Waals surface area contributed by atoms with Crippen LogP contribution >= 0.6 is 11.8 Å². The summed E-state index contributed by atoms with van der Waals surface area (Å²) in [6.07, 6.45) is -4.49. The number of rotatable bonds is 5. The number of benzene rings is 1. The number of anilines is 1. The number of nitrogen functional groups attached to an aromatic ring is 1. The molecule has 10 nitrogen and oxygen atoms in total. The minimum absolute atomic E-state index is 0.0355. The monoisotopic (exact) mass is 390 g/mol. The lowest BCUT2D eigenvalue weighted by atomic mass is 10.1. The van der Waals surface area contributed by atoms with E-state index < -0.39 is 31.1 Å². The fourth-order valence-electron chi connectivity index (χ4n) is 2.90. The minimum Gasteiger partial charge on any atom is -0.394 e. The van der Waals surface area contributed by atoms with Crippen molar-refractivity contribution in [3.63, 3.8) is 0 Å². The third kappa shape index (κ3) is 3.35. The first-order valence-electron chi connectivity index (χ1n) is 8.26. The number of aliphatic hydroxyl groups excluding tert-OH is 3. The molecule has 0 radical (unpaired) electrons. The smallest absolute Gasteiger partial charge is 0.223 e. The number of fused-ring (bicyclic) bond motifs is 1. The first kappa shape index (κ1) is 18.1. The van der Waals surface area contributed by atoms with Crippen molar-refractivity contribution in [2.75, 3.05) is 12.3 Å². The lowest BCUT2D eigenvalue weighted by Crippen LogP contribution is -2.33. The van der Waals surface area contributed by atoms with Gasteiger partial charge < -0.3 is 25.8 Å². The maximum absolute atomic E-state index is 10.2. The predicted octanol–water partition coefficient (Wildman–Crippen LogP) is -0.293. The Kier molecular flexibility index (Phi) is 4.93. The van der Waals surface area contributed by atoms with Crippen LogP contribution in [0.5, 0.6) is 0 Å². The molecule has 3 heterocycles. The van der Waals surface area contributed by atoms with E-state index in [4.69, 9.17) is 10.5 Å².